The number of phenols is 1. The van der Waals surface area contributed by atoms with E-state index in [2.05, 4.69) is 5.32 Å². The van der Waals surface area contributed by atoms with Gasteiger partial charge in [0, 0.05) is 13.0 Å². The summed E-state index contributed by atoms with van der Waals surface area (Å²) in [6.45, 7) is 0.130. The molecule has 0 spiro atoms. The van der Waals surface area contributed by atoms with E-state index in [9.17, 15) is 14.7 Å². The lowest BCUT2D eigenvalue weighted by Gasteiger charge is -2.07. The lowest BCUT2D eigenvalue weighted by atomic mass is 10.1. The van der Waals surface area contributed by atoms with Crippen molar-refractivity contribution in [1.82, 2.24) is 5.32 Å². The number of primary amides is 1. The molecule has 6 heteroatoms. The van der Waals surface area contributed by atoms with Gasteiger partial charge >= 0.3 is 0 Å². The zero-order chi connectivity index (χ0) is 12.8. The van der Waals surface area contributed by atoms with E-state index in [1.54, 1.807) is 0 Å². The predicted octanol–water partition coefficient (Wildman–Crippen LogP) is 0.00600. The van der Waals surface area contributed by atoms with Crippen LogP contribution in [0.1, 0.15) is 16.8 Å². The van der Waals surface area contributed by atoms with Gasteiger partial charge in [0.05, 0.1) is 12.7 Å². The first-order chi connectivity index (χ1) is 8.04. The maximum absolute atomic E-state index is 11.6. The molecule has 4 N–H and O–H groups in total. The second-order valence-corrected chi connectivity index (χ2v) is 3.36. The number of methoxy groups -OCH3 is 1. The van der Waals surface area contributed by atoms with Gasteiger partial charge in [0.25, 0.3) is 5.91 Å². The van der Waals surface area contributed by atoms with E-state index in [1.807, 2.05) is 0 Å². The summed E-state index contributed by atoms with van der Waals surface area (Å²) in [5.41, 5.74) is 5.02. The van der Waals surface area contributed by atoms with E-state index < -0.39 is 11.8 Å². The molecule has 6 nitrogen and oxygen atoms in total. The van der Waals surface area contributed by atoms with Crippen LogP contribution in [0.4, 0.5) is 0 Å². The molecule has 0 unspecified atom stereocenters. The van der Waals surface area contributed by atoms with Gasteiger partial charge in [-0.25, -0.2) is 0 Å². The zero-order valence-corrected chi connectivity index (χ0v) is 9.40. The van der Waals surface area contributed by atoms with Crippen LogP contribution in [0, 0.1) is 0 Å². The molecular formula is C11H14N2O4. The molecule has 0 bridgehead atoms. The monoisotopic (exact) mass is 238 g/mol. The maximum atomic E-state index is 11.6. The summed E-state index contributed by atoms with van der Waals surface area (Å²) in [4.78, 5) is 22.1. The number of benzene rings is 1. The molecule has 0 saturated heterocycles. The second kappa shape index (κ2) is 5.74. The average Bonchev–Trinajstić information content (AvgIpc) is 2.29. The van der Waals surface area contributed by atoms with Gasteiger partial charge in [-0.2, -0.15) is 0 Å². The first-order valence-electron chi connectivity index (χ1n) is 4.98. The quantitative estimate of drug-likeness (QED) is 0.672. The van der Waals surface area contributed by atoms with Gasteiger partial charge in [-0.3, -0.25) is 9.59 Å². The number of hydrogen-bond donors (Lipinski definition) is 3. The van der Waals surface area contributed by atoms with E-state index in [-0.39, 0.29) is 24.3 Å². The molecule has 2 amide bonds. The molecule has 1 rings (SSSR count). The first-order valence-corrected chi connectivity index (χ1v) is 4.98. The number of nitrogens with two attached hydrogens (primary N) is 1. The normalized spacial score (nSPS) is 9.71. The molecule has 0 fully saturated rings. The van der Waals surface area contributed by atoms with Crippen molar-refractivity contribution in [2.75, 3.05) is 13.7 Å². The fourth-order valence-corrected chi connectivity index (χ4v) is 1.22. The molecule has 17 heavy (non-hydrogen) atoms. The summed E-state index contributed by atoms with van der Waals surface area (Å²) in [6, 6.07) is 4.31. The fourth-order valence-electron chi connectivity index (χ4n) is 1.22. The molecule has 0 aliphatic heterocycles. The largest absolute Gasteiger partial charge is 0.507 e. The molecule has 1 aromatic rings. The lowest BCUT2D eigenvalue weighted by molar-refractivity contribution is -0.117. The van der Waals surface area contributed by atoms with Crippen LogP contribution in [-0.4, -0.2) is 30.6 Å². The summed E-state index contributed by atoms with van der Waals surface area (Å²) in [5, 5.41) is 12.0. The van der Waals surface area contributed by atoms with Crippen molar-refractivity contribution in [1.29, 1.82) is 0 Å². The van der Waals surface area contributed by atoms with Crippen molar-refractivity contribution in [3.63, 3.8) is 0 Å². The molecule has 0 heterocycles. The molecule has 0 saturated carbocycles. The van der Waals surface area contributed by atoms with Crippen LogP contribution in [0.2, 0.25) is 0 Å². The highest BCUT2D eigenvalue weighted by Crippen LogP contribution is 2.22. The van der Waals surface area contributed by atoms with Gasteiger partial charge in [0.15, 0.2) is 0 Å². The number of nitrogens with one attached hydrogen (secondary N) is 1. The van der Waals surface area contributed by atoms with E-state index in [1.165, 1.54) is 25.3 Å². The third-order valence-electron chi connectivity index (χ3n) is 2.11. The van der Waals surface area contributed by atoms with E-state index in [0.29, 0.717) is 5.75 Å². The Hall–Kier alpha value is -2.24. The number of hydrogen-bond acceptors (Lipinski definition) is 4. The van der Waals surface area contributed by atoms with Crippen LogP contribution in [0.5, 0.6) is 11.5 Å². The smallest absolute Gasteiger partial charge is 0.255 e. The molecule has 0 aromatic heterocycles. The topological polar surface area (TPSA) is 102 Å². The van der Waals surface area contributed by atoms with E-state index >= 15 is 0 Å². The van der Waals surface area contributed by atoms with Crippen molar-refractivity contribution in [3.05, 3.63) is 23.8 Å². The first kappa shape index (κ1) is 12.8. The number of aromatic hydroxyl groups is 1. The van der Waals surface area contributed by atoms with Crippen LogP contribution in [0.25, 0.3) is 0 Å². The summed E-state index contributed by atoms with van der Waals surface area (Å²) < 4.78 is 4.94. The molecular weight excluding hydrogens is 224 g/mol. The number of ether oxygens (including phenoxy) is 1. The lowest BCUT2D eigenvalue weighted by Crippen LogP contribution is -2.27. The number of carbonyl (C=O) groups excluding carboxylic acids is 2. The van der Waals surface area contributed by atoms with Gasteiger partial charge in [0.1, 0.15) is 11.5 Å². The standard InChI is InChI=1S/C11H14N2O4/c1-17-7-2-3-9(14)8(6-7)11(16)13-5-4-10(12)15/h2-3,6,14H,4-5H2,1H3,(H2,12,15)(H,13,16). The van der Waals surface area contributed by atoms with Crippen LogP contribution in [0.15, 0.2) is 18.2 Å². The summed E-state index contributed by atoms with van der Waals surface area (Å²) in [6.07, 6.45) is 0.0521. The minimum absolute atomic E-state index is 0.0521. The molecule has 1 aromatic carbocycles. The highest BCUT2D eigenvalue weighted by Gasteiger charge is 2.12. The van der Waals surface area contributed by atoms with Crippen LogP contribution >= 0.6 is 0 Å². The Morgan fingerprint density at radius 2 is 2.18 bits per heavy atom. The third-order valence-corrected chi connectivity index (χ3v) is 2.11. The molecule has 0 radical (unpaired) electrons. The van der Waals surface area contributed by atoms with Crippen molar-refractivity contribution in [3.8, 4) is 11.5 Å². The Balaban J connectivity index is 2.70. The SMILES string of the molecule is COc1ccc(O)c(C(=O)NCCC(N)=O)c1. The van der Waals surface area contributed by atoms with Gasteiger partial charge in [-0.15, -0.1) is 0 Å². The summed E-state index contributed by atoms with van der Waals surface area (Å²) in [5.74, 6) is -0.673. The van der Waals surface area contributed by atoms with Gasteiger partial charge in [-0.1, -0.05) is 0 Å². The molecule has 0 atom stereocenters. The van der Waals surface area contributed by atoms with E-state index in [0.717, 1.165) is 0 Å². The Kier molecular flexibility index (Phi) is 4.33. The molecule has 0 aliphatic rings. The average molecular weight is 238 g/mol. The summed E-state index contributed by atoms with van der Waals surface area (Å²) >= 11 is 0. The number of phenolic OH excluding ortho intramolecular Hbond substituents is 1. The zero-order valence-electron chi connectivity index (χ0n) is 9.40. The highest BCUT2D eigenvalue weighted by molar-refractivity contribution is 5.97. The minimum Gasteiger partial charge on any atom is -0.507 e. The van der Waals surface area contributed by atoms with Crippen LogP contribution < -0.4 is 15.8 Å². The van der Waals surface area contributed by atoms with Gasteiger partial charge in [-0.05, 0) is 18.2 Å². The van der Waals surface area contributed by atoms with Crippen molar-refractivity contribution < 1.29 is 19.4 Å². The Morgan fingerprint density at radius 3 is 2.76 bits per heavy atom. The third kappa shape index (κ3) is 3.67. The van der Waals surface area contributed by atoms with Gasteiger partial charge < -0.3 is 20.9 Å². The minimum atomic E-state index is -0.500. The Morgan fingerprint density at radius 1 is 1.47 bits per heavy atom. The maximum Gasteiger partial charge on any atom is 0.255 e. The van der Waals surface area contributed by atoms with E-state index in [4.69, 9.17) is 10.5 Å². The van der Waals surface area contributed by atoms with Crippen molar-refractivity contribution >= 4 is 11.8 Å². The Labute approximate surface area is 98.4 Å². The predicted molar refractivity (Wildman–Crippen MR) is 60.8 cm³/mol. The second-order valence-electron chi connectivity index (χ2n) is 3.36. The summed E-state index contributed by atoms with van der Waals surface area (Å²) in [7, 11) is 1.46. The molecule has 0 aliphatic carbocycles. The fraction of sp³-hybridized carbons (Fsp3) is 0.273. The number of rotatable bonds is 5. The highest BCUT2D eigenvalue weighted by atomic mass is 16.5. The van der Waals surface area contributed by atoms with Crippen LogP contribution in [-0.2, 0) is 4.79 Å². The van der Waals surface area contributed by atoms with Crippen molar-refractivity contribution in [2.24, 2.45) is 5.73 Å². The van der Waals surface area contributed by atoms with Crippen molar-refractivity contribution in [2.45, 2.75) is 6.42 Å². The number of carbonyl (C=O) groups is 2. The molecule has 92 valence electrons. The number of amides is 2. The van der Waals surface area contributed by atoms with Crippen LogP contribution in [0.3, 0.4) is 0 Å². The Bertz CT molecular complexity index is 431. The van der Waals surface area contributed by atoms with Gasteiger partial charge in [0.2, 0.25) is 5.91 Å².